The average molecular weight is 329 g/mol. The van der Waals surface area contributed by atoms with Gasteiger partial charge in [-0.1, -0.05) is 0 Å². The first-order chi connectivity index (χ1) is 9.74. The molecular weight excluding hydrogens is 320 g/mol. The average Bonchev–Trinajstić information content (AvgIpc) is 3.06. The topological polar surface area (TPSA) is 96.3 Å². The minimum absolute atomic E-state index is 0.474. The second-order valence-electron chi connectivity index (χ2n) is 4.45. The second-order valence-corrected chi connectivity index (χ2v) is 5.31. The van der Waals surface area contributed by atoms with Crippen LogP contribution in [-0.4, -0.2) is 25.1 Å². The van der Waals surface area contributed by atoms with E-state index in [9.17, 15) is 0 Å². The van der Waals surface area contributed by atoms with Crippen molar-refractivity contribution in [3.8, 4) is 11.3 Å². The number of halogens is 1. The molecule has 4 aromatic rings. The third-order valence-electron chi connectivity index (χ3n) is 3.28. The molecule has 0 spiro atoms. The van der Waals surface area contributed by atoms with Gasteiger partial charge in [-0.25, -0.2) is 9.97 Å². The van der Waals surface area contributed by atoms with Crippen molar-refractivity contribution in [3.05, 3.63) is 35.2 Å². The lowest BCUT2D eigenvalue weighted by Gasteiger charge is -2.04. The maximum atomic E-state index is 5.88. The lowest BCUT2D eigenvalue weighted by atomic mass is 10.1. The van der Waals surface area contributed by atoms with Gasteiger partial charge in [0.1, 0.15) is 12.0 Å². The van der Waals surface area contributed by atoms with E-state index in [4.69, 9.17) is 5.73 Å². The molecular formula is C13H9BrN6. The summed E-state index contributed by atoms with van der Waals surface area (Å²) in [4.78, 5) is 11.7. The summed E-state index contributed by atoms with van der Waals surface area (Å²) < 4.78 is 0.900. The van der Waals surface area contributed by atoms with E-state index in [1.165, 1.54) is 0 Å². The highest BCUT2D eigenvalue weighted by Crippen LogP contribution is 2.33. The summed E-state index contributed by atoms with van der Waals surface area (Å²) in [6.45, 7) is 0. The number of rotatable bonds is 1. The molecule has 3 aromatic heterocycles. The maximum Gasteiger partial charge on any atom is 0.153 e. The first-order valence-electron chi connectivity index (χ1n) is 5.95. The van der Waals surface area contributed by atoms with Gasteiger partial charge in [0.15, 0.2) is 5.82 Å². The van der Waals surface area contributed by atoms with Crippen LogP contribution in [-0.2, 0) is 0 Å². The fourth-order valence-corrected chi connectivity index (χ4v) is 2.89. The number of aromatic nitrogens is 5. The summed E-state index contributed by atoms with van der Waals surface area (Å²) in [5.74, 6) is 0.474. The van der Waals surface area contributed by atoms with E-state index in [0.717, 1.165) is 37.7 Å². The molecule has 20 heavy (non-hydrogen) atoms. The number of anilines is 1. The smallest absolute Gasteiger partial charge is 0.153 e. The molecule has 4 N–H and O–H groups in total. The van der Waals surface area contributed by atoms with Gasteiger partial charge in [0.2, 0.25) is 0 Å². The van der Waals surface area contributed by atoms with Crippen molar-refractivity contribution in [2.45, 2.75) is 0 Å². The highest BCUT2D eigenvalue weighted by molar-refractivity contribution is 9.10. The molecule has 0 aliphatic rings. The molecule has 0 aliphatic carbocycles. The van der Waals surface area contributed by atoms with E-state index < -0.39 is 0 Å². The number of benzene rings is 1. The molecule has 6 nitrogen and oxygen atoms in total. The number of aromatic amines is 2. The van der Waals surface area contributed by atoms with Crippen molar-refractivity contribution in [1.29, 1.82) is 0 Å². The molecule has 0 fully saturated rings. The van der Waals surface area contributed by atoms with Gasteiger partial charge >= 0.3 is 0 Å². The van der Waals surface area contributed by atoms with Crippen molar-refractivity contribution in [2.24, 2.45) is 0 Å². The van der Waals surface area contributed by atoms with Crippen LogP contribution in [0.4, 0.5) is 5.82 Å². The van der Waals surface area contributed by atoms with Crippen LogP contribution in [0.15, 0.2) is 35.2 Å². The van der Waals surface area contributed by atoms with E-state index in [0.29, 0.717) is 5.82 Å². The molecule has 0 atom stereocenters. The molecule has 0 radical (unpaired) electrons. The lowest BCUT2D eigenvalue weighted by Crippen LogP contribution is -1.89. The molecule has 0 saturated heterocycles. The highest BCUT2D eigenvalue weighted by Gasteiger charge is 2.12. The van der Waals surface area contributed by atoms with Crippen LogP contribution in [0.1, 0.15) is 0 Å². The Morgan fingerprint density at radius 1 is 1.15 bits per heavy atom. The van der Waals surface area contributed by atoms with E-state index in [1.807, 2.05) is 24.4 Å². The Morgan fingerprint density at radius 2 is 2.05 bits per heavy atom. The normalized spacial score (nSPS) is 11.4. The molecule has 3 heterocycles. The molecule has 0 aliphatic heterocycles. The van der Waals surface area contributed by atoms with Crippen molar-refractivity contribution < 1.29 is 0 Å². The Balaban J connectivity index is 2.07. The van der Waals surface area contributed by atoms with Gasteiger partial charge in [-0.05, 0) is 34.1 Å². The summed E-state index contributed by atoms with van der Waals surface area (Å²) in [6.07, 6.45) is 3.40. The Kier molecular flexibility index (Phi) is 2.31. The van der Waals surface area contributed by atoms with Gasteiger partial charge < -0.3 is 10.7 Å². The second kappa shape index (κ2) is 4.04. The largest absolute Gasteiger partial charge is 0.382 e. The van der Waals surface area contributed by atoms with Gasteiger partial charge in [0, 0.05) is 27.0 Å². The number of nitrogens with two attached hydrogens (primary N) is 1. The number of hydrogen-bond donors (Lipinski definition) is 3. The van der Waals surface area contributed by atoms with E-state index in [-0.39, 0.29) is 0 Å². The van der Waals surface area contributed by atoms with Gasteiger partial charge in [-0.15, -0.1) is 0 Å². The number of nitrogens with one attached hydrogen (secondary N) is 2. The molecule has 0 saturated carbocycles. The molecule has 4 rings (SSSR count). The predicted octanol–water partition coefficient (Wildman–Crippen LogP) is 2.85. The summed E-state index contributed by atoms with van der Waals surface area (Å²) >= 11 is 3.54. The fraction of sp³-hybridized carbons (Fsp3) is 0. The molecule has 98 valence electrons. The van der Waals surface area contributed by atoms with Crippen LogP contribution in [0.25, 0.3) is 33.2 Å². The lowest BCUT2D eigenvalue weighted by molar-refractivity contribution is 1.12. The number of H-pyrrole nitrogens is 2. The van der Waals surface area contributed by atoms with Crippen LogP contribution in [0.2, 0.25) is 0 Å². The minimum atomic E-state index is 0.474. The van der Waals surface area contributed by atoms with Gasteiger partial charge in [-0.3, -0.25) is 5.10 Å². The molecule has 0 bridgehead atoms. The summed E-state index contributed by atoms with van der Waals surface area (Å²) in [7, 11) is 0. The zero-order valence-corrected chi connectivity index (χ0v) is 11.8. The van der Waals surface area contributed by atoms with Crippen LogP contribution >= 0.6 is 15.9 Å². The van der Waals surface area contributed by atoms with Crippen molar-refractivity contribution in [2.75, 3.05) is 5.73 Å². The molecule has 1 aromatic carbocycles. The third-order valence-corrected chi connectivity index (χ3v) is 3.91. The molecule has 0 unspecified atom stereocenters. The number of hydrogen-bond acceptors (Lipinski definition) is 4. The zero-order chi connectivity index (χ0) is 13.7. The van der Waals surface area contributed by atoms with Crippen molar-refractivity contribution in [3.63, 3.8) is 0 Å². The predicted molar refractivity (Wildman–Crippen MR) is 81.1 cm³/mol. The first-order valence-corrected chi connectivity index (χ1v) is 6.75. The zero-order valence-electron chi connectivity index (χ0n) is 10.2. The fourth-order valence-electron chi connectivity index (χ4n) is 2.34. The Morgan fingerprint density at radius 3 is 2.95 bits per heavy atom. The molecule has 7 heteroatoms. The highest BCUT2D eigenvalue weighted by atomic mass is 79.9. The van der Waals surface area contributed by atoms with Gasteiger partial charge in [0.05, 0.1) is 11.2 Å². The SMILES string of the molecule is Nc1n[nH]c2c(Br)cc(-c3ncnc4[nH]ccc34)cc12. The summed E-state index contributed by atoms with van der Waals surface area (Å²) in [5, 5.41) is 8.78. The quantitative estimate of drug-likeness (QED) is 0.500. The van der Waals surface area contributed by atoms with Crippen molar-refractivity contribution >= 4 is 43.7 Å². The van der Waals surface area contributed by atoms with E-state index in [1.54, 1.807) is 6.33 Å². The standard InChI is InChI=1S/C13H9BrN6/c14-9-4-6(3-8-11(9)19-20-12(8)15)10-7-1-2-16-13(7)18-5-17-10/h1-5H,(H3,15,19,20)(H,16,17,18). The number of nitrogen functional groups attached to an aromatic ring is 1. The molecule has 0 amide bonds. The van der Waals surface area contributed by atoms with Crippen molar-refractivity contribution in [1.82, 2.24) is 25.1 Å². The Labute approximate surface area is 121 Å². The van der Waals surface area contributed by atoms with E-state index in [2.05, 4.69) is 41.1 Å². The van der Waals surface area contributed by atoms with Crippen LogP contribution in [0.5, 0.6) is 0 Å². The Hall–Kier alpha value is -2.41. The van der Waals surface area contributed by atoms with E-state index >= 15 is 0 Å². The Bertz CT molecular complexity index is 938. The monoisotopic (exact) mass is 328 g/mol. The third kappa shape index (κ3) is 1.53. The van der Waals surface area contributed by atoms with Gasteiger partial charge in [-0.2, -0.15) is 5.10 Å². The summed E-state index contributed by atoms with van der Waals surface area (Å²) in [5.41, 5.74) is 9.40. The van der Waals surface area contributed by atoms with Crippen LogP contribution < -0.4 is 5.73 Å². The summed E-state index contributed by atoms with van der Waals surface area (Å²) in [6, 6.07) is 5.93. The number of nitrogens with zero attached hydrogens (tertiary/aromatic N) is 3. The van der Waals surface area contributed by atoms with Crippen LogP contribution in [0.3, 0.4) is 0 Å². The van der Waals surface area contributed by atoms with Gasteiger partial charge in [0.25, 0.3) is 0 Å². The number of fused-ring (bicyclic) bond motifs is 2. The minimum Gasteiger partial charge on any atom is -0.382 e. The van der Waals surface area contributed by atoms with Crippen LogP contribution in [0, 0.1) is 0 Å². The first kappa shape index (κ1) is 11.4. The maximum absolute atomic E-state index is 5.88.